The summed E-state index contributed by atoms with van der Waals surface area (Å²) in [6.07, 6.45) is 0.906. The Labute approximate surface area is 78.8 Å². The molecule has 0 amide bonds. The van der Waals surface area contributed by atoms with Crippen LogP contribution in [0.4, 0.5) is 10.1 Å². The van der Waals surface area contributed by atoms with Gasteiger partial charge in [-0.05, 0) is 42.5 Å². The zero-order chi connectivity index (χ0) is 10.0. The Morgan fingerprint density at radius 1 is 1.38 bits per heavy atom. The quantitative estimate of drug-likeness (QED) is 0.697. The first kappa shape index (κ1) is 10.0. The lowest BCUT2D eigenvalue weighted by Gasteiger charge is -2.09. The number of halogens is 1. The Balaban J connectivity index is 3.01. The molecule has 13 heavy (non-hydrogen) atoms. The van der Waals surface area contributed by atoms with E-state index in [1.807, 2.05) is 6.92 Å². The molecule has 0 aliphatic heterocycles. The zero-order valence-corrected chi connectivity index (χ0v) is 8.39. The van der Waals surface area contributed by atoms with Gasteiger partial charge in [-0.15, -0.1) is 0 Å². The summed E-state index contributed by atoms with van der Waals surface area (Å²) >= 11 is 0. The van der Waals surface area contributed by atoms with Crippen molar-refractivity contribution in [3.63, 3.8) is 0 Å². The number of anilines is 1. The van der Waals surface area contributed by atoms with Crippen LogP contribution in [0.1, 0.15) is 25.0 Å². The minimum absolute atomic E-state index is 0.241. The van der Waals surface area contributed by atoms with Gasteiger partial charge in [-0.2, -0.15) is 0 Å². The van der Waals surface area contributed by atoms with Gasteiger partial charge in [0, 0.05) is 0 Å². The summed E-state index contributed by atoms with van der Waals surface area (Å²) in [5.41, 5.74) is 7.82. The van der Waals surface area contributed by atoms with Crippen molar-refractivity contribution in [3.8, 4) is 0 Å². The number of aryl methyl sites for hydroxylation is 1. The molecule has 0 aromatic heterocycles. The first-order valence-corrected chi connectivity index (χ1v) is 4.55. The number of rotatable bonds is 2. The molecule has 0 aliphatic rings. The van der Waals surface area contributed by atoms with Gasteiger partial charge in [0.1, 0.15) is 5.82 Å². The molecule has 0 atom stereocenters. The van der Waals surface area contributed by atoms with Crippen LogP contribution in [0.5, 0.6) is 0 Å². The fourth-order valence-corrected chi connectivity index (χ4v) is 1.40. The van der Waals surface area contributed by atoms with Gasteiger partial charge in [-0.1, -0.05) is 13.8 Å². The molecule has 0 saturated heterocycles. The van der Waals surface area contributed by atoms with Gasteiger partial charge < -0.3 is 5.73 Å². The number of nitrogens with two attached hydrogens (primary N) is 1. The Morgan fingerprint density at radius 3 is 2.54 bits per heavy atom. The average molecular weight is 181 g/mol. The first-order valence-electron chi connectivity index (χ1n) is 4.55. The van der Waals surface area contributed by atoms with Crippen LogP contribution < -0.4 is 5.73 Å². The minimum atomic E-state index is -0.304. The van der Waals surface area contributed by atoms with Gasteiger partial charge in [-0.25, -0.2) is 4.39 Å². The molecule has 72 valence electrons. The van der Waals surface area contributed by atoms with Crippen molar-refractivity contribution in [2.45, 2.75) is 27.2 Å². The Morgan fingerprint density at radius 2 is 2.00 bits per heavy atom. The molecule has 1 aromatic carbocycles. The van der Waals surface area contributed by atoms with Crippen LogP contribution in [0.25, 0.3) is 0 Å². The molecular weight excluding hydrogens is 165 g/mol. The molecule has 0 unspecified atom stereocenters. The van der Waals surface area contributed by atoms with Crippen LogP contribution in [-0.4, -0.2) is 0 Å². The molecule has 1 rings (SSSR count). The molecule has 2 N–H and O–H groups in total. The van der Waals surface area contributed by atoms with Gasteiger partial charge >= 0.3 is 0 Å². The minimum Gasteiger partial charge on any atom is -0.396 e. The van der Waals surface area contributed by atoms with Crippen molar-refractivity contribution in [2.75, 3.05) is 5.73 Å². The number of hydrogen-bond acceptors (Lipinski definition) is 1. The maximum Gasteiger partial charge on any atom is 0.146 e. The zero-order valence-electron chi connectivity index (χ0n) is 8.39. The van der Waals surface area contributed by atoms with E-state index in [0.717, 1.165) is 17.5 Å². The maximum atomic E-state index is 13.1. The van der Waals surface area contributed by atoms with Crippen LogP contribution in [0, 0.1) is 18.7 Å². The topological polar surface area (TPSA) is 26.0 Å². The van der Waals surface area contributed by atoms with E-state index in [9.17, 15) is 4.39 Å². The van der Waals surface area contributed by atoms with Crippen molar-refractivity contribution in [3.05, 3.63) is 29.1 Å². The van der Waals surface area contributed by atoms with Crippen molar-refractivity contribution in [2.24, 2.45) is 5.92 Å². The summed E-state index contributed by atoms with van der Waals surface area (Å²) in [7, 11) is 0. The van der Waals surface area contributed by atoms with E-state index in [1.165, 1.54) is 0 Å². The van der Waals surface area contributed by atoms with Crippen molar-refractivity contribution in [1.29, 1.82) is 0 Å². The Kier molecular flexibility index (Phi) is 2.91. The largest absolute Gasteiger partial charge is 0.396 e. The maximum absolute atomic E-state index is 13.1. The van der Waals surface area contributed by atoms with Crippen molar-refractivity contribution >= 4 is 5.69 Å². The lowest BCUT2D eigenvalue weighted by molar-refractivity contribution is 0.614. The molecule has 0 saturated carbocycles. The van der Waals surface area contributed by atoms with Gasteiger partial charge in [0.15, 0.2) is 0 Å². The molecule has 0 fully saturated rings. The lowest BCUT2D eigenvalue weighted by Crippen LogP contribution is -2.00. The smallest absolute Gasteiger partial charge is 0.146 e. The molecule has 0 bridgehead atoms. The molecule has 1 nitrogen and oxygen atoms in total. The molecule has 0 spiro atoms. The fourth-order valence-electron chi connectivity index (χ4n) is 1.40. The molecule has 0 heterocycles. The third kappa shape index (κ3) is 2.44. The average Bonchev–Trinajstić information content (AvgIpc) is 1.99. The fraction of sp³-hybridized carbons (Fsp3) is 0.455. The monoisotopic (exact) mass is 181 g/mol. The third-order valence-electron chi connectivity index (χ3n) is 2.08. The van der Waals surface area contributed by atoms with Crippen LogP contribution in [0.15, 0.2) is 12.1 Å². The molecular formula is C11H16FN. The van der Waals surface area contributed by atoms with Crippen LogP contribution in [0.3, 0.4) is 0 Å². The number of hydrogen-bond donors (Lipinski definition) is 1. The first-order chi connectivity index (χ1) is 6.00. The highest BCUT2D eigenvalue weighted by Crippen LogP contribution is 2.19. The van der Waals surface area contributed by atoms with Crippen LogP contribution in [0.2, 0.25) is 0 Å². The number of benzene rings is 1. The SMILES string of the molecule is Cc1cc(N)c(F)cc1CC(C)C. The third-order valence-corrected chi connectivity index (χ3v) is 2.08. The van der Waals surface area contributed by atoms with Gasteiger partial charge in [0.05, 0.1) is 5.69 Å². The van der Waals surface area contributed by atoms with Gasteiger partial charge in [-0.3, -0.25) is 0 Å². The second kappa shape index (κ2) is 3.77. The predicted molar refractivity (Wildman–Crippen MR) is 54.1 cm³/mol. The van der Waals surface area contributed by atoms with Crippen molar-refractivity contribution < 1.29 is 4.39 Å². The molecule has 0 aliphatic carbocycles. The molecule has 1 aromatic rings. The Bertz CT molecular complexity index is 305. The van der Waals surface area contributed by atoms with Gasteiger partial charge in [0.25, 0.3) is 0 Å². The predicted octanol–water partition coefficient (Wildman–Crippen LogP) is 2.91. The number of nitrogen functional groups attached to an aromatic ring is 1. The molecule has 0 radical (unpaired) electrons. The second-order valence-corrected chi connectivity index (χ2v) is 3.90. The standard InChI is InChI=1S/C11H16FN/c1-7(2)4-9-6-10(12)11(13)5-8(9)3/h5-7H,4,13H2,1-3H3. The molecule has 2 heteroatoms. The summed E-state index contributed by atoms with van der Waals surface area (Å²) < 4.78 is 13.1. The highest BCUT2D eigenvalue weighted by atomic mass is 19.1. The van der Waals surface area contributed by atoms with E-state index in [-0.39, 0.29) is 11.5 Å². The van der Waals surface area contributed by atoms with E-state index in [0.29, 0.717) is 5.92 Å². The van der Waals surface area contributed by atoms with Crippen molar-refractivity contribution in [1.82, 2.24) is 0 Å². The van der Waals surface area contributed by atoms with Crippen LogP contribution in [-0.2, 0) is 6.42 Å². The van der Waals surface area contributed by atoms with E-state index in [1.54, 1.807) is 12.1 Å². The summed E-state index contributed by atoms with van der Waals surface area (Å²) in [6, 6.07) is 3.25. The second-order valence-electron chi connectivity index (χ2n) is 3.90. The summed E-state index contributed by atoms with van der Waals surface area (Å²) in [6.45, 7) is 6.20. The van der Waals surface area contributed by atoms with E-state index < -0.39 is 0 Å². The van der Waals surface area contributed by atoms with Crippen LogP contribution >= 0.6 is 0 Å². The summed E-state index contributed by atoms with van der Waals surface area (Å²) in [5, 5.41) is 0. The highest BCUT2D eigenvalue weighted by Gasteiger charge is 2.06. The lowest BCUT2D eigenvalue weighted by atomic mass is 9.98. The van der Waals surface area contributed by atoms with E-state index in [4.69, 9.17) is 5.73 Å². The highest BCUT2D eigenvalue weighted by molar-refractivity contribution is 5.45. The summed E-state index contributed by atoms with van der Waals surface area (Å²) in [5.74, 6) is 0.239. The summed E-state index contributed by atoms with van der Waals surface area (Å²) in [4.78, 5) is 0. The van der Waals surface area contributed by atoms with E-state index in [2.05, 4.69) is 13.8 Å². The Hall–Kier alpha value is -1.05. The normalized spacial score (nSPS) is 10.8. The van der Waals surface area contributed by atoms with E-state index >= 15 is 0 Å². The van der Waals surface area contributed by atoms with Gasteiger partial charge in [0.2, 0.25) is 0 Å².